The molecular formula is C45H27N3OS. The highest BCUT2D eigenvalue weighted by Gasteiger charge is 2.20. The Kier molecular flexibility index (Phi) is 6.64. The molecule has 4 nitrogen and oxygen atoms in total. The van der Waals surface area contributed by atoms with E-state index in [1.54, 1.807) is 0 Å². The fraction of sp³-hybridized carbons (Fsp3) is 0. The van der Waals surface area contributed by atoms with Crippen LogP contribution in [-0.4, -0.2) is 15.0 Å². The summed E-state index contributed by atoms with van der Waals surface area (Å²) >= 11 is 1.84. The van der Waals surface area contributed by atoms with Crippen LogP contribution in [0.2, 0.25) is 0 Å². The van der Waals surface area contributed by atoms with Crippen molar-refractivity contribution >= 4 is 53.4 Å². The predicted octanol–water partition coefficient (Wildman–Crippen LogP) is 12.5. The van der Waals surface area contributed by atoms with Gasteiger partial charge in [-0.1, -0.05) is 103 Å². The first-order valence-electron chi connectivity index (χ1n) is 16.6. The second-order valence-electron chi connectivity index (χ2n) is 12.4. The van der Waals surface area contributed by atoms with E-state index < -0.39 is 0 Å². The molecule has 0 bridgehead atoms. The maximum atomic E-state index is 6.74. The van der Waals surface area contributed by atoms with Crippen LogP contribution in [-0.2, 0) is 0 Å². The highest BCUT2D eigenvalue weighted by atomic mass is 32.1. The van der Waals surface area contributed by atoms with Gasteiger partial charge >= 0.3 is 0 Å². The van der Waals surface area contributed by atoms with Gasteiger partial charge in [-0.05, 0) is 65.7 Å². The van der Waals surface area contributed by atoms with Crippen molar-refractivity contribution in [1.29, 1.82) is 0 Å². The molecule has 0 N–H and O–H groups in total. The average Bonchev–Trinajstić information content (AvgIpc) is 3.77. The molecule has 0 aliphatic heterocycles. The van der Waals surface area contributed by atoms with Gasteiger partial charge in [-0.3, -0.25) is 4.98 Å². The number of rotatable bonds is 5. The summed E-state index contributed by atoms with van der Waals surface area (Å²) in [7, 11) is 0. The van der Waals surface area contributed by atoms with Crippen molar-refractivity contribution in [3.63, 3.8) is 0 Å². The van der Waals surface area contributed by atoms with Crippen LogP contribution in [0.5, 0.6) is 0 Å². The first kappa shape index (κ1) is 28.6. The molecule has 6 aromatic carbocycles. The van der Waals surface area contributed by atoms with E-state index in [4.69, 9.17) is 14.4 Å². The van der Waals surface area contributed by atoms with E-state index in [0.717, 1.165) is 72.4 Å². The van der Waals surface area contributed by atoms with E-state index in [-0.39, 0.29) is 0 Å². The van der Waals surface area contributed by atoms with Gasteiger partial charge in [0.15, 0.2) is 5.82 Å². The molecule has 4 heterocycles. The van der Waals surface area contributed by atoms with E-state index in [0.29, 0.717) is 5.82 Å². The lowest BCUT2D eigenvalue weighted by Gasteiger charge is -2.12. The van der Waals surface area contributed by atoms with Crippen molar-refractivity contribution in [2.24, 2.45) is 0 Å². The molecule has 0 fully saturated rings. The van der Waals surface area contributed by atoms with Crippen LogP contribution in [0.1, 0.15) is 0 Å². The Morgan fingerprint density at radius 3 is 2.04 bits per heavy atom. The SMILES string of the molecule is c1ccc(-c2nc(-c3cccc(-c4ccccn4)c3)cc(-c3ccc(-c4ccc5sc6ccccc6c5c4)c4c3oc3ccccc34)n2)cc1. The first-order valence-corrected chi connectivity index (χ1v) is 17.4. The standard InChI is InChI=1S/C45H27N3OS/c1-2-11-28(12-3-1)45-47-38(31-14-10-13-30(25-31)37-17-8-9-24-46-37)27-39(48-45)34-22-21-32(43-35-16-4-6-18-40(35)49-44(34)43)29-20-23-42-36(26-29)33-15-5-7-19-41(33)50-42/h1-27H. The van der Waals surface area contributed by atoms with E-state index in [1.807, 2.05) is 66.1 Å². The third kappa shape index (κ3) is 4.79. The summed E-state index contributed by atoms with van der Waals surface area (Å²) in [6, 6.07) is 54.7. The molecule has 234 valence electrons. The Labute approximate surface area is 292 Å². The summed E-state index contributed by atoms with van der Waals surface area (Å²) < 4.78 is 9.33. The maximum absolute atomic E-state index is 6.74. The summed E-state index contributed by atoms with van der Waals surface area (Å²) in [5.41, 5.74) is 10.4. The third-order valence-electron chi connectivity index (χ3n) is 9.37. The number of benzene rings is 6. The Bertz CT molecular complexity index is 2870. The lowest BCUT2D eigenvalue weighted by Crippen LogP contribution is -1.96. The Morgan fingerprint density at radius 2 is 1.16 bits per heavy atom. The van der Waals surface area contributed by atoms with Crippen LogP contribution < -0.4 is 0 Å². The van der Waals surface area contributed by atoms with Gasteiger partial charge in [-0.25, -0.2) is 9.97 Å². The lowest BCUT2D eigenvalue weighted by atomic mass is 9.95. The predicted molar refractivity (Wildman–Crippen MR) is 207 cm³/mol. The molecule has 0 atom stereocenters. The summed E-state index contributed by atoms with van der Waals surface area (Å²) in [5.74, 6) is 0.657. The number of aromatic nitrogens is 3. The monoisotopic (exact) mass is 657 g/mol. The molecule has 0 saturated carbocycles. The van der Waals surface area contributed by atoms with Crippen LogP contribution in [0, 0.1) is 0 Å². The number of hydrogen-bond donors (Lipinski definition) is 0. The second kappa shape index (κ2) is 11.6. The number of pyridine rings is 1. The van der Waals surface area contributed by atoms with Crippen LogP contribution in [0.25, 0.3) is 98.4 Å². The fourth-order valence-electron chi connectivity index (χ4n) is 6.98. The Morgan fingerprint density at radius 1 is 0.440 bits per heavy atom. The number of fused-ring (bicyclic) bond motifs is 6. The van der Waals surface area contributed by atoms with E-state index in [1.165, 1.54) is 20.2 Å². The van der Waals surface area contributed by atoms with Gasteiger partial charge in [0.25, 0.3) is 0 Å². The molecule has 4 aromatic heterocycles. The minimum atomic E-state index is 0.657. The number of thiophene rings is 1. The van der Waals surface area contributed by atoms with Crippen molar-refractivity contribution in [1.82, 2.24) is 15.0 Å². The topological polar surface area (TPSA) is 51.8 Å². The Balaban J connectivity index is 1.20. The van der Waals surface area contributed by atoms with Crippen molar-refractivity contribution in [2.75, 3.05) is 0 Å². The van der Waals surface area contributed by atoms with Gasteiger partial charge in [-0.2, -0.15) is 0 Å². The smallest absolute Gasteiger partial charge is 0.160 e. The van der Waals surface area contributed by atoms with Crippen LogP contribution in [0.15, 0.2) is 168 Å². The van der Waals surface area contributed by atoms with Crippen molar-refractivity contribution in [3.05, 3.63) is 164 Å². The molecule has 0 aliphatic carbocycles. The first-order chi connectivity index (χ1) is 24.8. The normalized spacial score (nSPS) is 11.6. The van der Waals surface area contributed by atoms with Crippen molar-refractivity contribution < 1.29 is 4.42 Å². The number of hydrogen-bond acceptors (Lipinski definition) is 5. The molecule has 0 aliphatic rings. The zero-order chi connectivity index (χ0) is 33.0. The molecule has 0 amide bonds. The maximum Gasteiger partial charge on any atom is 0.160 e. The van der Waals surface area contributed by atoms with E-state index >= 15 is 0 Å². The third-order valence-corrected chi connectivity index (χ3v) is 10.5. The lowest BCUT2D eigenvalue weighted by molar-refractivity contribution is 0.670. The molecule has 50 heavy (non-hydrogen) atoms. The summed E-state index contributed by atoms with van der Waals surface area (Å²) in [4.78, 5) is 14.9. The molecule has 0 saturated heterocycles. The molecule has 10 rings (SSSR count). The molecule has 0 unspecified atom stereocenters. The van der Waals surface area contributed by atoms with Gasteiger partial charge in [0.1, 0.15) is 11.2 Å². The quantitative estimate of drug-likeness (QED) is 0.185. The van der Waals surface area contributed by atoms with Crippen molar-refractivity contribution in [2.45, 2.75) is 0 Å². The van der Waals surface area contributed by atoms with Gasteiger partial charge in [0.2, 0.25) is 0 Å². The number of nitrogens with zero attached hydrogens (tertiary/aromatic N) is 3. The van der Waals surface area contributed by atoms with Crippen LogP contribution >= 0.6 is 11.3 Å². The highest BCUT2D eigenvalue weighted by molar-refractivity contribution is 7.25. The average molecular weight is 658 g/mol. The minimum Gasteiger partial charge on any atom is -0.455 e. The molecule has 0 radical (unpaired) electrons. The largest absolute Gasteiger partial charge is 0.455 e. The Hall–Kier alpha value is -6.43. The molecule has 10 aromatic rings. The zero-order valence-electron chi connectivity index (χ0n) is 26.7. The van der Waals surface area contributed by atoms with Crippen molar-refractivity contribution in [3.8, 4) is 56.3 Å². The van der Waals surface area contributed by atoms with Gasteiger partial charge in [-0.15, -0.1) is 11.3 Å². The highest BCUT2D eigenvalue weighted by Crippen LogP contribution is 2.44. The van der Waals surface area contributed by atoms with Crippen LogP contribution in [0.3, 0.4) is 0 Å². The number of para-hydroxylation sites is 1. The zero-order valence-corrected chi connectivity index (χ0v) is 27.6. The minimum absolute atomic E-state index is 0.657. The van der Waals surface area contributed by atoms with Gasteiger partial charge < -0.3 is 4.42 Å². The second-order valence-corrected chi connectivity index (χ2v) is 13.5. The molecule has 0 spiro atoms. The number of furan rings is 1. The summed E-state index contributed by atoms with van der Waals surface area (Å²) in [5, 5.41) is 4.72. The molecular weight excluding hydrogens is 631 g/mol. The molecule has 5 heteroatoms. The fourth-order valence-corrected chi connectivity index (χ4v) is 8.07. The summed E-state index contributed by atoms with van der Waals surface area (Å²) in [6.45, 7) is 0. The van der Waals surface area contributed by atoms with E-state index in [2.05, 4.69) is 114 Å². The van der Waals surface area contributed by atoms with Gasteiger partial charge in [0, 0.05) is 59.4 Å². The van der Waals surface area contributed by atoms with E-state index in [9.17, 15) is 0 Å². The van der Waals surface area contributed by atoms with Gasteiger partial charge in [0.05, 0.1) is 17.1 Å². The van der Waals surface area contributed by atoms with Crippen LogP contribution in [0.4, 0.5) is 0 Å². The summed E-state index contributed by atoms with van der Waals surface area (Å²) in [6.07, 6.45) is 1.82.